The Morgan fingerprint density at radius 1 is 1.10 bits per heavy atom. The normalized spacial score (nSPS) is 20.7. The van der Waals surface area contributed by atoms with Crippen LogP contribution in [-0.4, -0.2) is 52.9 Å². The van der Waals surface area contributed by atoms with Crippen LogP contribution in [0.15, 0.2) is 46.3 Å². The van der Waals surface area contributed by atoms with Crippen LogP contribution in [0.5, 0.6) is 0 Å². The number of hydrogen-bond donors (Lipinski definition) is 0. The summed E-state index contributed by atoms with van der Waals surface area (Å²) in [5.41, 5.74) is 1.57. The summed E-state index contributed by atoms with van der Waals surface area (Å²) in [6, 6.07) is 11.4. The standard InChI is InChI=1S/C23H22ClN3O3S/c1-14-20(21(25-30-14)15-5-2-3-6-18(15)24)23(29)27-10-8-26(9-11-27)22(28)17-13-16(17)19-7-4-12-31-19/h2-7,12,16-17H,8-11,13H2,1H3/t16-,17+/m1/s1. The van der Waals surface area contributed by atoms with Crippen LogP contribution in [0.1, 0.15) is 33.3 Å². The fourth-order valence-corrected chi connectivity index (χ4v) is 5.40. The Hall–Kier alpha value is -2.64. The highest BCUT2D eigenvalue weighted by Gasteiger charge is 2.46. The smallest absolute Gasteiger partial charge is 0.259 e. The molecular formula is C23H22ClN3O3S. The van der Waals surface area contributed by atoms with Crippen molar-refractivity contribution in [3.63, 3.8) is 0 Å². The van der Waals surface area contributed by atoms with Crippen molar-refractivity contribution in [1.82, 2.24) is 15.0 Å². The van der Waals surface area contributed by atoms with Gasteiger partial charge in [0.15, 0.2) is 0 Å². The molecule has 1 aliphatic heterocycles. The minimum Gasteiger partial charge on any atom is -0.360 e. The fourth-order valence-electron chi connectivity index (χ4n) is 4.27. The van der Waals surface area contributed by atoms with Crippen molar-refractivity contribution in [1.29, 1.82) is 0 Å². The number of thiophene rings is 1. The van der Waals surface area contributed by atoms with Crippen LogP contribution in [-0.2, 0) is 4.79 Å². The van der Waals surface area contributed by atoms with Gasteiger partial charge >= 0.3 is 0 Å². The van der Waals surface area contributed by atoms with Gasteiger partial charge in [-0.15, -0.1) is 11.3 Å². The number of amides is 2. The zero-order valence-corrected chi connectivity index (χ0v) is 18.7. The van der Waals surface area contributed by atoms with E-state index in [2.05, 4.69) is 16.6 Å². The second-order valence-corrected chi connectivity index (χ2v) is 9.41. The van der Waals surface area contributed by atoms with Crippen LogP contribution in [0.2, 0.25) is 5.02 Å². The first-order valence-electron chi connectivity index (χ1n) is 10.4. The van der Waals surface area contributed by atoms with E-state index >= 15 is 0 Å². The number of benzene rings is 1. The molecule has 0 bridgehead atoms. The molecule has 6 nitrogen and oxygen atoms in total. The average Bonchev–Trinajstić information content (AvgIpc) is 3.20. The highest BCUT2D eigenvalue weighted by Crippen LogP contribution is 2.50. The Labute approximate surface area is 189 Å². The number of rotatable bonds is 4. The van der Waals surface area contributed by atoms with Gasteiger partial charge in [-0.25, -0.2) is 0 Å². The maximum absolute atomic E-state index is 13.3. The molecule has 1 saturated heterocycles. The number of piperazine rings is 1. The minimum absolute atomic E-state index is 0.0908. The number of nitrogens with zero attached hydrogens (tertiary/aromatic N) is 3. The van der Waals surface area contributed by atoms with Gasteiger partial charge in [0.1, 0.15) is 17.0 Å². The monoisotopic (exact) mass is 455 g/mol. The van der Waals surface area contributed by atoms with Gasteiger partial charge in [-0.2, -0.15) is 0 Å². The maximum atomic E-state index is 13.3. The molecule has 3 heterocycles. The first kappa shape index (κ1) is 20.3. The van der Waals surface area contributed by atoms with Gasteiger partial charge in [-0.05, 0) is 30.9 Å². The second kappa shape index (κ2) is 8.13. The highest BCUT2D eigenvalue weighted by molar-refractivity contribution is 7.10. The Morgan fingerprint density at radius 3 is 2.55 bits per heavy atom. The summed E-state index contributed by atoms with van der Waals surface area (Å²) in [5, 5.41) is 6.68. The molecule has 31 heavy (non-hydrogen) atoms. The summed E-state index contributed by atoms with van der Waals surface area (Å²) in [4.78, 5) is 31.2. The van der Waals surface area contributed by atoms with Crippen molar-refractivity contribution in [2.45, 2.75) is 19.3 Å². The molecule has 2 aliphatic rings. The molecule has 1 aromatic carbocycles. The van der Waals surface area contributed by atoms with E-state index < -0.39 is 0 Å². The number of halogens is 1. The summed E-state index contributed by atoms with van der Waals surface area (Å²) < 4.78 is 5.34. The van der Waals surface area contributed by atoms with E-state index in [1.807, 2.05) is 29.2 Å². The molecule has 0 radical (unpaired) electrons. The summed E-state index contributed by atoms with van der Waals surface area (Å²) >= 11 is 8.04. The van der Waals surface area contributed by atoms with E-state index in [9.17, 15) is 9.59 Å². The number of hydrogen-bond acceptors (Lipinski definition) is 5. The molecule has 5 rings (SSSR count). The molecule has 0 spiro atoms. The molecule has 160 valence electrons. The van der Waals surface area contributed by atoms with Gasteiger partial charge in [0, 0.05) is 48.5 Å². The van der Waals surface area contributed by atoms with E-state index in [4.69, 9.17) is 16.1 Å². The van der Waals surface area contributed by atoms with Crippen LogP contribution < -0.4 is 0 Å². The third-order valence-corrected chi connectivity index (χ3v) is 7.43. The van der Waals surface area contributed by atoms with Crippen molar-refractivity contribution in [3.05, 3.63) is 63.0 Å². The zero-order valence-electron chi connectivity index (χ0n) is 17.1. The Kier molecular flexibility index (Phi) is 5.32. The lowest BCUT2D eigenvalue weighted by atomic mass is 10.0. The molecule has 1 saturated carbocycles. The number of carbonyl (C=O) groups excluding carboxylic acids is 2. The second-order valence-electron chi connectivity index (χ2n) is 8.02. The van der Waals surface area contributed by atoms with Crippen LogP contribution in [0, 0.1) is 12.8 Å². The largest absolute Gasteiger partial charge is 0.360 e. The molecule has 2 fully saturated rings. The minimum atomic E-state index is -0.136. The van der Waals surface area contributed by atoms with Gasteiger partial charge in [0.05, 0.1) is 5.02 Å². The van der Waals surface area contributed by atoms with Crippen molar-refractivity contribution in [2.75, 3.05) is 26.2 Å². The molecule has 2 atom stereocenters. The fraction of sp³-hybridized carbons (Fsp3) is 0.348. The van der Waals surface area contributed by atoms with Crippen molar-refractivity contribution in [3.8, 4) is 11.3 Å². The topological polar surface area (TPSA) is 66.7 Å². The highest BCUT2D eigenvalue weighted by atomic mass is 35.5. The van der Waals surface area contributed by atoms with Crippen LogP contribution in [0.4, 0.5) is 0 Å². The van der Waals surface area contributed by atoms with E-state index in [0.717, 1.165) is 6.42 Å². The third kappa shape index (κ3) is 3.77. The van der Waals surface area contributed by atoms with Crippen LogP contribution in [0.25, 0.3) is 11.3 Å². The maximum Gasteiger partial charge on any atom is 0.259 e. The lowest BCUT2D eigenvalue weighted by molar-refractivity contribution is -0.134. The lowest BCUT2D eigenvalue weighted by Crippen LogP contribution is -2.51. The predicted octanol–water partition coefficient (Wildman–Crippen LogP) is 4.45. The van der Waals surface area contributed by atoms with Crippen LogP contribution >= 0.6 is 22.9 Å². The van der Waals surface area contributed by atoms with Crippen LogP contribution in [0.3, 0.4) is 0 Å². The average molecular weight is 456 g/mol. The van der Waals surface area contributed by atoms with E-state index in [-0.39, 0.29) is 17.7 Å². The summed E-state index contributed by atoms with van der Waals surface area (Å²) in [6.07, 6.45) is 0.930. The van der Waals surface area contributed by atoms with Crippen molar-refractivity contribution < 1.29 is 14.1 Å². The first-order valence-corrected chi connectivity index (χ1v) is 11.6. The molecule has 0 N–H and O–H groups in total. The Morgan fingerprint density at radius 2 is 1.84 bits per heavy atom. The Balaban J connectivity index is 1.26. The van der Waals surface area contributed by atoms with Gasteiger partial charge in [-0.3, -0.25) is 9.59 Å². The van der Waals surface area contributed by atoms with Crippen molar-refractivity contribution in [2.24, 2.45) is 5.92 Å². The predicted molar refractivity (Wildman–Crippen MR) is 119 cm³/mol. The zero-order chi connectivity index (χ0) is 21.5. The van der Waals surface area contributed by atoms with Gasteiger partial charge in [-0.1, -0.05) is 41.0 Å². The van der Waals surface area contributed by atoms with Gasteiger partial charge in [0.25, 0.3) is 5.91 Å². The van der Waals surface area contributed by atoms with Crippen molar-refractivity contribution >= 4 is 34.8 Å². The summed E-state index contributed by atoms with van der Waals surface area (Å²) in [5.74, 6) is 1.00. The molecule has 2 aromatic heterocycles. The van der Waals surface area contributed by atoms with E-state index in [0.29, 0.717) is 59.7 Å². The van der Waals surface area contributed by atoms with Gasteiger partial charge < -0.3 is 14.3 Å². The summed E-state index contributed by atoms with van der Waals surface area (Å²) in [6.45, 7) is 3.81. The van der Waals surface area contributed by atoms with E-state index in [1.165, 1.54) is 4.88 Å². The number of aryl methyl sites for hydroxylation is 1. The van der Waals surface area contributed by atoms with E-state index in [1.54, 1.807) is 29.2 Å². The Bertz CT molecular complexity index is 1120. The van der Waals surface area contributed by atoms with Gasteiger partial charge in [0.2, 0.25) is 5.91 Å². The quantitative estimate of drug-likeness (QED) is 0.582. The molecule has 0 unspecified atom stereocenters. The first-order chi connectivity index (χ1) is 15.0. The summed E-state index contributed by atoms with van der Waals surface area (Å²) in [7, 11) is 0. The SMILES string of the molecule is Cc1onc(-c2ccccc2Cl)c1C(=O)N1CCN(C(=O)[C@H]2C[C@H]2c2cccs2)CC1. The molecule has 1 aliphatic carbocycles. The molecule has 2 amide bonds. The lowest BCUT2D eigenvalue weighted by Gasteiger charge is -2.35. The molecule has 8 heteroatoms. The molecular weight excluding hydrogens is 434 g/mol. The number of aromatic nitrogens is 1. The molecule has 3 aromatic rings. The third-order valence-electron chi connectivity index (χ3n) is 6.10. The number of carbonyl (C=O) groups is 2.